The van der Waals surface area contributed by atoms with Crippen molar-refractivity contribution in [2.24, 2.45) is 0 Å². The summed E-state index contributed by atoms with van der Waals surface area (Å²) in [7, 11) is 0. The largest absolute Gasteiger partial charge is 0.490 e. The van der Waals surface area contributed by atoms with Gasteiger partial charge in [-0.15, -0.1) is 23.1 Å². The summed E-state index contributed by atoms with van der Waals surface area (Å²) in [4.78, 5) is 22.3. The summed E-state index contributed by atoms with van der Waals surface area (Å²) in [6.07, 6.45) is 2.58. The molecule has 0 unspecified atom stereocenters. The molecule has 1 amide bonds. The van der Waals surface area contributed by atoms with E-state index in [1.165, 1.54) is 28.7 Å². The highest BCUT2D eigenvalue weighted by Crippen LogP contribution is 2.27. The van der Waals surface area contributed by atoms with Crippen molar-refractivity contribution in [3.63, 3.8) is 0 Å². The Hall–Kier alpha value is -2.42. The Morgan fingerprint density at radius 3 is 2.71 bits per heavy atom. The second-order valence-electron chi connectivity index (χ2n) is 7.36. The summed E-state index contributed by atoms with van der Waals surface area (Å²) in [5.41, 5.74) is 1.81. The second kappa shape index (κ2) is 11.3. The molecule has 8 heteroatoms. The van der Waals surface area contributed by atoms with Crippen LogP contribution in [0.3, 0.4) is 0 Å². The quantitative estimate of drug-likeness (QED) is 0.436. The van der Waals surface area contributed by atoms with E-state index in [0.29, 0.717) is 16.6 Å². The van der Waals surface area contributed by atoms with Gasteiger partial charge in [-0.3, -0.25) is 4.79 Å². The van der Waals surface area contributed by atoms with Crippen molar-refractivity contribution in [1.82, 2.24) is 9.97 Å². The van der Waals surface area contributed by atoms with Crippen molar-refractivity contribution in [2.45, 2.75) is 50.0 Å². The average Bonchev–Trinajstić information content (AvgIpc) is 3.12. The van der Waals surface area contributed by atoms with Gasteiger partial charge in [-0.2, -0.15) is 0 Å². The number of amides is 1. The van der Waals surface area contributed by atoms with Crippen LogP contribution in [0.1, 0.15) is 30.0 Å². The summed E-state index contributed by atoms with van der Waals surface area (Å²) >= 11 is 2.89. The molecule has 1 aromatic carbocycles. The highest BCUT2D eigenvalue weighted by Gasteiger charge is 2.14. The molecule has 0 radical (unpaired) electrons. The Balaban J connectivity index is 1.72. The second-order valence-corrected chi connectivity index (χ2v) is 10.1. The predicted molar refractivity (Wildman–Crippen MR) is 126 cm³/mol. The molecule has 0 saturated heterocycles. The van der Waals surface area contributed by atoms with E-state index in [-0.39, 0.29) is 30.3 Å². The molecule has 0 aliphatic rings. The van der Waals surface area contributed by atoms with Gasteiger partial charge in [-0.05, 0) is 19.4 Å². The third kappa shape index (κ3) is 7.65. The first-order chi connectivity index (χ1) is 14.9. The number of carbonyl (C=O) groups is 1. The minimum absolute atomic E-state index is 0.00976. The molecule has 31 heavy (non-hydrogen) atoms. The van der Waals surface area contributed by atoms with Gasteiger partial charge in [0.25, 0.3) is 0 Å². The van der Waals surface area contributed by atoms with E-state index < -0.39 is 0 Å². The predicted octanol–water partition coefficient (Wildman–Crippen LogP) is 4.51. The van der Waals surface area contributed by atoms with E-state index in [9.17, 15) is 9.90 Å². The summed E-state index contributed by atoms with van der Waals surface area (Å²) < 4.78 is 6.16. The standard InChI is InChI=1S/C23H27N3O3S2/c1-15(9-18-7-5-4-6-8-18)29-20-10-19(25-22(12-20)30-17(3)14-27)11-21(28)26-23-24-13-16(2)31-23/h4-8,10,12-13,15,17,27H,9,11,14H2,1-3H3,(H,24,26,28)/t15-,17-/m0/s1. The Morgan fingerprint density at radius 1 is 1.26 bits per heavy atom. The van der Waals surface area contributed by atoms with Crippen molar-refractivity contribution in [3.8, 4) is 5.75 Å². The van der Waals surface area contributed by atoms with Gasteiger partial charge >= 0.3 is 0 Å². The van der Waals surface area contributed by atoms with Crippen LogP contribution in [0, 0.1) is 6.92 Å². The summed E-state index contributed by atoms with van der Waals surface area (Å²) in [5, 5.41) is 13.5. The average molecular weight is 458 g/mol. The lowest BCUT2D eigenvalue weighted by atomic mass is 10.1. The molecule has 3 rings (SSSR count). The normalized spacial score (nSPS) is 12.9. The number of aliphatic hydroxyl groups is 1. The molecule has 0 aliphatic heterocycles. The van der Waals surface area contributed by atoms with E-state index >= 15 is 0 Å². The van der Waals surface area contributed by atoms with Crippen LogP contribution in [-0.2, 0) is 17.6 Å². The molecular formula is C23H27N3O3S2. The zero-order chi connectivity index (χ0) is 22.2. The van der Waals surface area contributed by atoms with Gasteiger partial charge in [0, 0.05) is 34.9 Å². The lowest BCUT2D eigenvalue weighted by molar-refractivity contribution is -0.115. The number of thioether (sulfide) groups is 1. The zero-order valence-electron chi connectivity index (χ0n) is 17.9. The number of aryl methyl sites for hydroxylation is 1. The van der Waals surface area contributed by atoms with Crippen molar-refractivity contribution < 1.29 is 14.6 Å². The molecule has 2 aromatic heterocycles. The van der Waals surface area contributed by atoms with Crippen LogP contribution in [0.5, 0.6) is 5.75 Å². The molecule has 0 fully saturated rings. The third-order valence-electron chi connectivity index (χ3n) is 4.32. The molecule has 0 aliphatic carbocycles. The number of thiazole rings is 1. The maximum Gasteiger partial charge on any atom is 0.232 e. The molecular weight excluding hydrogens is 430 g/mol. The minimum atomic E-state index is -0.178. The maximum atomic E-state index is 12.5. The first-order valence-electron chi connectivity index (χ1n) is 10.1. The first kappa shape index (κ1) is 23.2. The Morgan fingerprint density at radius 2 is 2.03 bits per heavy atom. The van der Waals surface area contributed by atoms with Crippen LogP contribution in [-0.4, -0.2) is 38.9 Å². The van der Waals surface area contributed by atoms with Crippen LogP contribution in [0.25, 0.3) is 0 Å². The number of hydrogen-bond donors (Lipinski definition) is 2. The van der Waals surface area contributed by atoms with Gasteiger partial charge < -0.3 is 15.2 Å². The highest BCUT2D eigenvalue weighted by molar-refractivity contribution is 7.99. The number of carbonyl (C=O) groups excluding carboxylic acids is 1. The van der Waals surface area contributed by atoms with E-state index in [0.717, 1.165) is 16.3 Å². The molecule has 0 spiro atoms. The fourth-order valence-electron chi connectivity index (χ4n) is 2.96. The SMILES string of the molecule is Cc1cnc(NC(=O)Cc2cc(O[C@@H](C)Cc3ccccc3)cc(S[C@@H](C)CO)n2)s1. The number of ether oxygens (including phenoxy) is 1. The number of rotatable bonds is 10. The van der Waals surface area contributed by atoms with Gasteiger partial charge in [0.05, 0.1) is 24.8 Å². The number of hydrogen-bond acceptors (Lipinski definition) is 7. The minimum Gasteiger partial charge on any atom is -0.490 e. The number of aromatic nitrogens is 2. The number of pyridine rings is 1. The number of benzene rings is 1. The molecule has 2 heterocycles. The van der Waals surface area contributed by atoms with Gasteiger partial charge in [-0.1, -0.05) is 37.3 Å². The monoisotopic (exact) mass is 457 g/mol. The van der Waals surface area contributed by atoms with Gasteiger partial charge in [-0.25, -0.2) is 9.97 Å². The lowest BCUT2D eigenvalue weighted by Crippen LogP contribution is -2.17. The molecule has 0 saturated carbocycles. The Kier molecular flexibility index (Phi) is 8.45. The van der Waals surface area contributed by atoms with Crippen LogP contribution >= 0.6 is 23.1 Å². The van der Waals surface area contributed by atoms with Crippen molar-refractivity contribution in [1.29, 1.82) is 0 Å². The number of aliphatic hydroxyl groups excluding tert-OH is 1. The molecule has 2 atom stereocenters. The Bertz CT molecular complexity index is 995. The van der Waals surface area contributed by atoms with Crippen molar-refractivity contribution in [3.05, 3.63) is 64.8 Å². The molecule has 0 bridgehead atoms. The fourth-order valence-corrected chi connectivity index (χ4v) is 4.48. The lowest BCUT2D eigenvalue weighted by Gasteiger charge is -2.17. The molecule has 6 nitrogen and oxygen atoms in total. The van der Waals surface area contributed by atoms with E-state index in [4.69, 9.17) is 4.74 Å². The topological polar surface area (TPSA) is 84.3 Å². The van der Waals surface area contributed by atoms with Gasteiger partial charge in [0.15, 0.2) is 5.13 Å². The Labute approximate surface area is 191 Å². The van der Waals surface area contributed by atoms with Crippen molar-refractivity contribution >= 4 is 34.1 Å². The fraction of sp³-hybridized carbons (Fsp3) is 0.348. The van der Waals surface area contributed by atoms with Crippen LogP contribution in [0.2, 0.25) is 0 Å². The van der Waals surface area contributed by atoms with E-state index in [1.807, 2.05) is 51.1 Å². The number of anilines is 1. The summed E-state index contributed by atoms with van der Waals surface area (Å²) in [6, 6.07) is 13.8. The zero-order valence-corrected chi connectivity index (χ0v) is 19.5. The van der Waals surface area contributed by atoms with E-state index in [1.54, 1.807) is 6.20 Å². The number of nitrogens with one attached hydrogen (secondary N) is 1. The van der Waals surface area contributed by atoms with Gasteiger partial charge in [0.2, 0.25) is 5.91 Å². The van der Waals surface area contributed by atoms with E-state index in [2.05, 4.69) is 27.4 Å². The van der Waals surface area contributed by atoms with Crippen LogP contribution in [0.4, 0.5) is 5.13 Å². The molecule has 3 aromatic rings. The van der Waals surface area contributed by atoms with Gasteiger partial charge in [0.1, 0.15) is 10.8 Å². The highest BCUT2D eigenvalue weighted by atomic mass is 32.2. The third-order valence-corrected chi connectivity index (χ3v) is 6.15. The van der Waals surface area contributed by atoms with Crippen molar-refractivity contribution in [2.75, 3.05) is 11.9 Å². The summed E-state index contributed by atoms with van der Waals surface area (Å²) in [5.74, 6) is 0.487. The molecule has 164 valence electrons. The molecule has 2 N–H and O–H groups in total. The van der Waals surface area contributed by atoms with Crippen LogP contribution < -0.4 is 10.1 Å². The smallest absolute Gasteiger partial charge is 0.232 e. The summed E-state index contributed by atoms with van der Waals surface area (Å²) in [6.45, 7) is 5.93. The first-order valence-corrected chi connectivity index (χ1v) is 11.8. The maximum absolute atomic E-state index is 12.5. The number of nitrogens with zero attached hydrogens (tertiary/aromatic N) is 2. The van der Waals surface area contributed by atoms with Crippen LogP contribution in [0.15, 0.2) is 53.7 Å².